The molecule has 0 amide bonds. The van der Waals surface area contributed by atoms with Gasteiger partial charge in [0.2, 0.25) is 0 Å². The largest absolute Gasteiger partial charge is 0.385 e. The average Bonchev–Trinajstić information content (AvgIpc) is 2.79. The highest BCUT2D eigenvalue weighted by atomic mass is 32.2. The minimum atomic E-state index is 0.331. The van der Waals surface area contributed by atoms with Gasteiger partial charge in [-0.25, -0.2) is 0 Å². The Morgan fingerprint density at radius 3 is 2.45 bits per heavy atom. The second-order valence-electron chi connectivity index (χ2n) is 8.69. The second-order valence-corrected chi connectivity index (χ2v) is 9.91. The number of guanidine groups is 1. The molecule has 2 heterocycles. The van der Waals surface area contributed by atoms with E-state index in [9.17, 15) is 0 Å². The number of likely N-dealkylation sites (tertiary alicyclic amines) is 1. The van der Waals surface area contributed by atoms with E-state index in [-0.39, 0.29) is 0 Å². The summed E-state index contributed by atoms with van der Waals surface area (Å²) in [5.74, 6) is 3.65. The number of aliphatic imine (C=N–C) groups is 1. The van der Waals surface area contributed by atoms with Crippen LogP contribution in [0.25, 0.3) is 0 Å². The zero-order chi connectivity index (χ0) is 20.4. The Labute approximate surface area is 182 Å². The molecule has 0 bridgehead atoms. The molecule has 168 valence electrons. The van der Waals surface area contributed by atoms with E-state index in [1.165, 1.54) is 56.7 Å². The maximum Gasteiger partial charge on any atom is 0.193 e. The van der Waals surface area contributed by atoms with Crippen LogP contribution in [0, 0.1) is 0 Å². The van der Waals surface area contributed by atoms with Gasteiger partial charge in [0.25, 0.3) is 0 Å². The summed E-state index contributed by atoms with van der Waals surface area (Å²) in [5, 5.41) is 3.79. The van der Waals surface area contributed by atoms with Crippen LogP contribution in [0.3, 0.4) is 0 Å². The molecular formula is C22H42N4O2S. The highest BCUT2D eigenvalue weighted by Crippen LogP contribution is 2.35. The Morgan fingerprint density at radius 1 is 1.07 bits per heavy atom. The summed E-state index contributed by atoms with van der Waals surface area (Å²) in [4.78, 5) is 9.86. The molecule has 0 aromatic rings. The number of ether oxygens (including phenoxy) is 2. The molecule has 3 aliphatic rings. The van der Waals surface area contributed by atoms with E-state index < -0.39 is 0 Å². The molecule has 2 aliphatic heterocycles. The summed E-state index contributed by atoms with van der Waals surface area (Å²) in [7, 11) is 3.68. The molecule has 7 heteroatoms. The third-order valence-corrected chi connectivity index (χ3v) is 7.78. The summed E-state index contributed by atoms with van der Waals surface area (Å²) in [6.07, 6.45) is 10.3. The molecule has 29 heavy (non-hydrogen) atoms. The number of rotatable bonds is 8. The Hall–Kier alpha value is -0.500. The summed E-state index contributed by atoms with van der Waals surface area (Å²) in [6.45, 7) is 7.18. The normalized spacial score (nSPS) is 24.6. The van der Waals surface area contributed by atoms with Gasteiger partial charge in [0.05, 0.1) is 6.10 Å². The van der Waals surface area contributed by atoms with Crippen molar-refractivity contribution < 1.29 is 9.47 Å². The van der Waals surface area contributed by atoms with E-state index in [1.807, 2.05) is 7.05 Å². The van der Waals surface area contributed by atoms with Gasteiger partial charge in [-0.2, -0.15) is 11.8 Å². The zero-order valence-electron chi connectivity index (χ0n) is 18.7. The molecule has 0 radical (unpaired) electrons. The molecule has 0 unspecified atom stereocenters. The number of piperidine rings is 1. The van der Waals surface area contributed by atoms with Crippen molar-refractivity contribution in [2.75, 3.05) is 71.6 Å². The van der Waals surface area contributed by atoms with Gasteiger partial charge in [0.1, 0.15) is 0 Å². The predicted molar refractivity (Wildman–Crippen MR) is 123 cm³/mol. The smallest absolute Gasteiger partial charge is 0.193 e. The standard InChI is InChI=1S/C22H42N4O2S/c1-23-21(25-11-7-20(8-12-25)28-16-6-15-27-2)24-19-22(9-4-3-5-10-22)26-13-17-29-18-14-26/h20H,3-19H2,1-2H3,(H,23,24). The van der Waals surface area contributed by atoms with Crippen LogP contribution in [-0.2, 0) is 9.47 Å². The number of thioether (sulfide) groups is 1. The van der Waals surface area contributed by atoms with Crippen molar-refractivity contribution in [3.8, 4) is 0 Å². The lowest BCUT2D eigenvalue weighted by atomic mass is 9.80. The third kappa shape index (κ3) is 6.74. The lowest BCUT2D eigenvalue weighted by molar-refractivity contribution is 0.00952. The molecule has 1 saturated carbocycles. The van der Waals surface area contributed by atoms with Gasteiger partial charge in [0, 0.05) is 77.1 Å². The van der Waals surface area contributed by atoms with E-state index in [2.05, 4.69) is 31.9 Å². The van der Waals surface area contributed by atoms with Crippen LogP contribution in [-0.4, -0.2) is 99.0 Å². The van der Waals surface area contributed by atoms with Gasteiger partial charge in [-0.1, -0.05) is 19.3 Å². The van der Waals surface area contributed by atoms with Crippen LogP contribution in [0.2, 0.25) is 0 Å². The van der Waals surface area contributed by atoms with Crippen molar-refractivity contribution in [3.63, 3.8) is 0 Å². The monoisotopic (exact) mass is 426 g/mol. The molecule has 2 saturated heterocycles. The van der Waals surface area contributed by atoms with E-state index in [0.717, 1.165) is 58.1 Å². The lowest BCUT2D eigenvalue weighted by Gasteiger charge is -2.48. The molecule has 0 atom stereocenters. The Morgan fingerprint density at radius 2 is 1.79 bits per heavy atom. The maximum atomic E-state index is 6.02. The van der Waals surface area contributed by atoms with Crippen molar-refractivity contribution in [3.05, 3.63) is 0 Å². The van der Waals surface area contributed by atoms with Crippen molar-refractivity contribution in [1.29, 1.82) is 0 Å². The molecule has 3 rings (SSSR count). The van der Waals surface area contributed by atoms with Gasteiger partial charge in [-0.05, 0) is 32.1 Å². The first-order valence-electron chi connectivity index (χ1n) is 11.7. The SMILES string of the molecule is CN=C(NCC1(N2CCSCC2)CCCCC1)N1CCC(OCCCOC)CC1. The van der Waals surface area contributed by atoms with Crippen LogP contribution in [0.4, 0.5) is 0 Å². The van der Waals surface area contributed by atoms with Crippen LogP contribution in [0.5, 0.6) is 0 Å². The van der Waals surface area contributed by atoms with Crippen molar-refractivity contribution in [1.82, 2.24) is 15.1 Å². The molecule has 0 aromatic heterocycles. The lowest BCUT2D eigenvalue weighted by Crippen LogP contribution is -2.60. The van der Waals surface area contributed by atoms with E-state index in [1.54, 1.807) is 7.11 Å². The summed E-state index contributed by atoms with van der Waals surface area (Å²) >= 11 is 2.11. The van der Waals surface area contributed by atoms with Gasteiger partial charge in [-0.15, -0.1) is 0 Å². The molecule has 6 nitrogen and oxygen atoms in total. The first kappa shape index (κ1) is 23.2. The predicted octanol–water partition coefficient (Wildman–Crippen LogP) is 2.83. The molecule has 3 fully saturated rings. The van der Waals surface area contributed by atoms with Crippen LogP contribution < -0.4 is 5.32 Å². The molecule has 1 N–H and O–H groups in total. The Kier molecular flexibility index (Phi) is 9.89. The Balaban J connectivity index is 1.47. The molecule has 0 aromatic carbocycles. The van der Waals surface area contributed by atoms with E-state index >= 15 is 0 Å². The van der Waals surface area contributed by atoms with Crippen LogP contribution in [0.1, 0.15) is 51.4 Å². The van der Waals surface area contributed by atoms with Crippen molar-refractivity contribution in [2.24, 2.45) is 4.99 Å². The topological polar surface area (TPSA) is 49.3 Å². The van der Waals surface area contributed by atoms with Gasteiger partial charge < -0.3 is 19.7 Å². The number of nitrogens with one attached hydrogen (secondary N) is 1. The number of hydrogen-bond acceptors (Lipinski definition) is 5. The summed E-state index contributed by atoms with van der Waals surface area (Å²) < 4.78 is 11.1. The van der Waals surface area contributed by atoms with Crippen LogP contribution in [0.15, 0.2) is 4.99 Å². The van der Waals surface area contributed by atoms with E-state index in [0.29, 0.717) is 11.6 Å². The fourth-order valence-electron chi connectivity index (χ4n) is 5.12. The Bertz CT molecular complexity index is 485. The van der Waals surface area contributed by atoms with Crippen molar-refractivity contribution >= 4 is 17.7 Å². The van der Waals surface area contributed by atoms with Gasteiger partial charge in [0.15, 0.2) is 5.96 Å². The summed E-state index contributed by atoms with van der Waals surface area (Å²) in [6, 6.07) is 0. The third-order valence-electron chi connectivity index (χ3n) is 6.84. The molecule has 1 aliphatic carbocycles. The van der Waals surface area contributed by atoms with Gasteiger partial charge in [-0.3, -0.25) is 9.89 Å². The highest BCUT2D eigenvalue weighted by molar-refractivity contribution is 7.99. The van der Waals surface area contributed by atoms with Crippen molar-refractivity contribution in [2.45, 2.75) is 63.0 Å². The minimum absolute atomic E-state index is 0.331. The fraction of sp³-hybridized carbons (Fsp3) is 0.955. The fourth-order valence-corrected chi connectivity index (χ4v) is 6.02. The highest BCUT2D eigenvalue weighted by Gasteiger charge is 2.38. The summed E-state index contributed by atoms with van der Waals surface area (Å²) in [5.41, 5.74) is 0.331. The quantitative estimate of drug-likeness (QED) is 0.366. The average molecular weight is 427 g/mol. The minimum Gasteiger partial charge on any atom is -0.385 e. The van der Waals surface area contributed by atoms with E-state index in [4.69, 9.17) is 9.47 Å². The second kappa shape index (κ2) is 12.4. The maximum absolute atomic E-state index is 6.02. The molecule has 0 spiro atoms. The number of hydrogen-bond donors (Lipinski definition) is 1. The first-order valence-corrected chi connectivity index (χ1v) is 12.8. The zero-order valence-corrected chi connectivity index (χ0v) is 19.5. The number of methoxy groups -OCH3 is 1. The number of nitrogens with zero attached hydrogens (tertiary/aromatic N) is 3. The van der Waals surface area contributed by atoms with Crippen LogP contribution >= 0.6 is 11.8 Å². The molecular weight excluding hydrogens is 384 g/mol. The van der Waals surface area contributed by atoms with Gasteiger partial charge >= 0.3 is 0 Å². The first-order chi connectivity index (χ1) is 14.3.